The summed E-state index contributed by atoms with van der Waals surface area (Å²) in [6.45, 7) is 4.34. The zero-order valence-corrected chi connectivity index (χ0v) is 7.86. The minimum atomic E-state index is -0.461. The lowest BCUT2D eigenvalue weighted by Gasteiger charge is -2.18. The fourth-order valence-electron chi connectivity index (χ4n) is 0.747. The highest BCUT2D eigenvalue weighted by atomic mass is 16.6. The zero-order chi connectivity index (χ0) is 10.3. The third-order valence-electron chi connectivity index (χ3n) is 1.39. The van der Waals surface area contributed by atoms with E-state index in [4.69, 9.17) is 15.7 Å². The number of amides is 1. The number of ether oxygens (including phenoxy) is 1. The number of oxime groups is 1. The topological polar surface area (TPSA) is 88.2 Å². The molecule has 0 aliphatic heterocycles. The van der Waals surface area contributed by atoms with E-state index in [9.17, 15) is 4.79 Å². The molecule has 0 bridgehead atoms. The highest BCUT2D eigenvalue weighted by Crippen LogP contribution is 1.93. The van der Waals surface area contributed by atoms with Crippen molar-refractivity contribution in [2.45, 2.75) is 13.8 Å². The summed E-state index contributed by atoms with van der Waals surface area (Å²) < 4.78 is 4.74. The van der Waals surface area contributed by atoms with Crippen LogP contribution in [0.4, 0.5) is 4.79 Å². The van der Waals surface area contributed by atoms with Gasteiger partial charge in [-0.2, -0.15) is 0 Å². The molecule has 13 heavy (non-hydrogen) atoms. The van der Waals surface area contributed by atoms with Crippen LogP contribution in [0.5, 0.6) is 0 Å². The lowest BCUT2D eigenvalue weighted by atomic mass is 10.5. The number of nitrogens with zero attached hydrogens (tertiary/aromatic N) is 2. The molecule has 0 saturated carbocycles. The predicted molar refractivity (Wildman–Crippen MR) is 47.7 cm³/mol. The lowest BCUT2D eigenvalue weighted by Crippen LogP contribution is -2.38. The number of amidine groups is 1. The van der Waals surface area contributed by atoms with Crippen LogP contribution in [-0.4, -0.2) is 41.7 Å². The second kappa shape index (κ2) is 6.10. The van der Waals surface area contributed by atoms with E-state index in [2.05, 4.69) is 5.16 Å². The highest BCUT2D eigenvalue weighted by molar-refractivity contribution is 5.84. The molecule has 6 nitrogen and oxygen atoms in total. The first-order valence-corrected chi connectivity index (χ1v) is 4.03. The lowest BCUT2D eigenvalue weighted by molar-refractivity contribution is 0.114. The quantitative estimate of drug-likeness (QED) is 0.286. The molecule has 0 fully saturated rings. The van der Waals surface area contributed by atoms with Gasteiger partial charge >= 0.3 is 6.09 Å². The molecule has 0 radical (unpaired) electrons. The SMILES string of the molecule is CCOC(=O)N(CC)CC(N)=NO. The van der Waals surface area contributed by atoms with Crippen molar-refractivity contribution < 1.29 is 14.7 Å². The van der Waals surface area contributed by atoms with Crippen LogP contribution in [0.2, 0.25) is 0 Å². The van der Waals surface area contributed by atoms with Crippen molar-refractivity contribution in [1.82, 2.24) is 4.90 Å². The Balaban J connectivity index is 4.09. The van der Waals surface area contributed by atoms with Gasteiger partial charge in [-0.15, -0.1) is 0 Å². The van der Waals surface area contributed by atoms with Crippen LogP contribution < -0.4 is 5.73 Å². The molecule has 0 unspecified atom stereocenters. The first-order chi connectivity index (χ1) is 6.15. The molecule has 0 aromatic rings. The van der Waals surface area contributed by atoms with Crippen LogP contribution in [0.1, 0.15) is 13.8 Å². The number of carbonyl (C=O) groups excluding carboxylic acids is 1. The molecule has 1 amide bonds. The van der Waals surface area contributed by atoms with Gasteiger partial charge in [0, 0.05) is 6.54 Å². The standard InChI is InChI=1S/C7H15N3O3/c1-3-10(5-6(8)9-12)7(11)13-4-2/h12H,3-5H2,1-2H3,(H2,8,9). The van der Waals surface area contributed by atoms with Crippen LogP contribution in [0.25, 0.3) is 0 Å². The van der Waals surface area contributed by atoms with E-state index >= 15 is 0 Å². The summed E-state index contributed by atoms with van der Waals surface area (Å²) in [5, 5.41) is 11.0. The molecular formula is C7H15N3O3. The Kier molecular flexibility index (Phi) is 5.42. The van der Waals surface area contributed by atoms with Crippen molar-refractivity contribution in [1.29, 1.82) is 0 Å². The monoisotopic (exact) mass is 189 g/mol. The normalized spacial score (nSPS) is 11.1. The molecule has 0 aromatic carbocycles. The number of likely N-dealkylation sites (N-methyl/N-ethyl adjacent to an activating group) is 1. The average Bonchev–Trinajstić information content (AvgIpc) is 2.14. The average molecular weight is 189 g/mol. The third kappa shape index (κ3) is 4.19. The maximum Gasteiger partial charge on any atom is 0.410 e. The molecule has 6 heteroatoms. The highest BCUT2D eigenvalue weighted by Gasteiger charge is 2.13. The zero-order valence-electron chi connectivity index (χ0n) is 7.86. The van der Waals surface area contributed by atoms with E-state index in [0.717, 1.165) is 0 Å². The van der Waals surface area contributed by atoms with Gasteiger partial charge < -0.3 is 20.6 Å². The fourth-order valence-corrected chi connectivity index (χ4v) is 0.747. The second-order valence-corrected chi connectivity index (χ2v) is 2.30. The van der Waals surface area contributed by atoms with E-state index in [0.29, 0.717) is 13.2 Å². The van der Waals surface area contributed by atoms with E-state index < -0.39 is 6.09 Å². The molecule has 0 aromatic heterocycles. The summed E-state index contributed by atoms with van der Waals surface area (Å²) in [5.74, 6) is -0.0186. The Morgan fingerprint density at radius 3 is 2.62 bits per heavy atom. The summed E-state index contributed by atoms with van der Waals surface area (Å²) in [4.78, 5) is 12.5. The van der Waals surface area contributed by atoms with Gasteiger partial charge in [0.1, 0.15) is 0 Å². The Labute approximate surface area is 76.9 Å². The molecule has 0 atom stereocenters. The van der Waals surface area contributed by atoms with Crippen molar-refractivity contribution in [2.75, 3.05) is 19.7 Å². The van der Waals surface area contributed by atoms with E-state index in [1.165, 1.54) is 4.90 Å². The number of hydrogen-bond donors (Lipinski definition) is 2. The molecular weight excluding hydrogens is 174 g/mol. The van der Waals surface area contributed by atoms with Crippen molar-refractivity contribution >= 4 is 11.9 Å². The van der Waals surface area contributed by atoms with Gasteiger partial charge in [-0.05, 0) is 13.8 Å². The maximum absolute atomic E-state index is 11.1. The van der Waals surface area contributed by atoms with Crippen molar-refractivity contribution in [3.63, 3.8) is 0 Å². The summed E-state index contributed by atoms with van der Waals surface area (Å²) in [7, 11) is 0. The Hall–Kier alpha value is -1.46. The van der Waals surface area contributed by atoms with Gasteiger partial charge in [-0.1, -0.05) is 5.16 Å². The van der Waals surface area contributed by atoms with E-state index in [-0.39, 0.29) is 12.4 Å². The third-order valence-corrected chi connectivity index (χ3v) is 1.39. The summed E-state index contributed by atoms with van der Waals surface area (Å²) >= 11 is 0. The molecule has 0 aliphatic rings. The predicted octanol–water partition coefficient (Wildman–Crippen LogP) is 0.211. The molecule has 0 rings (SSSR count). The largest absolute Gasteiger partial charge is 0.450 e. The van der Waals surface area contributed by atoms with Crippen LogP contribution in [0, 0.1) is 0 Å². The summed E-state index contributed by atoms with van der Waals surface area (Å²) in [6.07, 6.45) is -0.461. The minimum absolute atomic E-state index is 0.0186. The molecule has 3 N–H and O–H groups in total. The first-order valence-electron chi connectivity index (χ1n) is 4.03. The minimum Gasteiger partial charge on any atom is -0.450 e. The second-order valence-electron chi connectivity index (χ2n) is 2.30. The van der Waals surface area contributed by atoms with Gasteiger partial charge in [-0.25, -0.2) is 4.79 Å². The fraction of sp³-hybridized carbons (Fsp3) is 0.714. The number of carbonyl (C=O) groups is 1. The van der Waals surface area contributed by atoms with Gasteiger partial charge in [0.2, 0.25) is 0 Å². The van der Waals surface area contributed by atoms with Gasteiger partial charge in [0.05, 0.1) is 13.2 Å². The number of hydrogen-bond acceptors (Lipinski definition) is 4. The van der Waals surface area contributed by atoms with Crippen LogP contribution in [0.15, 0.2) is 5.16 Å². The molecule has 76 valence electrons. The summed E-state index contributed by atoms with van der Waals surface area (Å²) in [5.41, 5.74) is 5.23. The summed E-state index contributed by atoms with van der Waals surface area (Å²) in [6, 6.07) is 0. The van der Waals surface area contributed by atoms with Crippen LogP contribution in [-0.2, 0) is 4.74 Å². The molecule has 0 spiro atoms. The van der Waals surface area contributed by atoms with Gasteiger partial charge in [0.15, 0.2) is 5.84 Å². The number of rotatable bonds is 4. The number of nitrogens with two attached hydrogens (primary N) is 1. The first kappa shape index (κ1) is 11.5. The van der Waals surface area contributed by atoms with Crippen molar-refractivity contribution in [3.8, 4) is 0 Å². The van der Waals surface area contributed by atoms with Crippen LogP contribution >= 0.6 is 0 Å². The Bertz CT molecular complexity index is 193. The van der Waals surface area contributed by atoms with Gasteiger partial charge in [0.25, 0.3) is 0 Å². The van der Waals surface area contributed by atoms with Crippen LogP contribution in [0.3, 0.4) is 0 Å². The van der Waals surface area contributed by atoms with Crippen molar-refractivity contribution in [3.05, 3.63) is 0 Å². The smallest absolute Gasteiger partial charge is 0.410 e. The van der Waals surface area contributed by atoms with Gasteiger partial charge in [-0.3, -0.25) is 0 Å². The molecule has 0 saturated heterocycles. The molecule has 0 aliphatic carbocycles. The maximum atomic E-state index is 11.1. The molecule has 0 heterocycles. The Morgan fingerprint density at radius 2 is 2.23 bits per heavy atom. The van der Waals surface area contributed by atoms with E-state index in [1.54, 1.807) is 13.8 Å². The van der Waals surface area contributed by atoms with E-state index in [1.807, 2.05) is 0 Å². The van der Waals surface area contributed by atoms with Crippen molar-refractivity contribution in [2.24, 2.45) is 10.9 Å². The Morgan fingerprint density at radius 1 is 1.62 bits per heavy atom.